The maximum Gasteiger partial charge on any atom is 0.306 e. The number of unbranched alkanes of at least 4 members (excludes halogenated alkanes) is 9. The largest absolute Gasteiger partial charge is 0.481 e. The number of carboxylic acid groups (broad SMARTS) is 1. The SMILES string of the molecule is CCCCCCCCCCCCOCCOC(=O)CCC(=O)O. The molecular formula is C18H34O5. The molecule has 0 amide bonds. The van der Waals surface area contributed by atoms with E-state index in [4.69, 9.17) is 14.6 Å². The molecule has 0 aliphatic rings. The van der Waals surface area contributed by atoms with Gasteiger partial charge in [-0.25, -0.2) is 0 Å². The maximum atomic E-state index is 11.1. The molecule has 0 aromatic rings. The van der Waals surface area contributed by atoms with Crippen LogP contribution in [0.1, 0.15) is 84.0 Å². The summed E-state index contributed by atoms with van der Waals surface area (Å²) in [7, 11) is 0. The molecule has 1 N–H and O–H groups in total. The van der Waals surface area contributed by atoms with Crippen LogP contribution in [-0.4, -0.2) is 36.9 Å². The Balaban J connectivity index is 3.10. The molecule has 0 aromatic heterocycles. The summed E-state index contributed by atoms with van der Waals surface area (Å²) in [6.45, 7) is 3.53. The van der Waals surface area contributed by atoms with E-state index in [-0.39, 0.29) is 19.4 Å². The molecule has 0 saturated carbocycles. The molecule has 0 aromatic carbocycles. The monoisotopic (exact) mass is 330 g/mol. The number of hydrogen-bond acceptors (Lipinski definition) is 4. The Kier molecular flexibility index (Phi) is 16.4. The summed E-state index contributed by atoms with van der Waals surface area (Å²) in [5.74, 6) is -1.46. The van der Waals surface area contributed by atoms with E-state index in [0.717, 1.165) is 6.42 Å². The number of rotatable bonds is 17. The van der Waals surface area contributed by atoms with Gasteiger partial charge in [-0.05, 0) is 6.42 Å². The molecule has 23 heavy (non-hydrogen) atoms. The standard InChI is InChI=1S/C18H34O5/c1-2-3-4-5-6-7-8-9-10-11-14-22-15-16-23-18(21)13-12-17(19)20/h2-16H2,1H3,(H,19,20). The summed E-state index contributed by atoms with van der Waals surface area (Å²) in [5.41, 5.74) is 0. The number of esters is 1. The van der Waals surface area contributed by atoms with Crippen molar-refractivity contribution >= 4 is 11.9 Å². The van der Waals surface area contributed by atoms with Crippen LogP contribution in [0, 0.1) is 0 Å². The maximum absolute atomic E-state index is 11.1. The van der Waals surface area contributed by atoms with Crippen LogP contribution in [0.25, 0.3) is 0 Å². The number of hydrogen-bond donors (Lipinski definition) is 1. The molecule has 0 aliphatic carbocycles. The molecule has 136 valence electrons. The van der Waals surface area contributed by atoms with Crippen molar-refractivity contribution in [2.45, 2.75) is 84.0 Å². The molecule has 0 bridgehead atoms. The van der Waals surface area contributed by atoms with Crippen molar-refractivity contribution in [3.8, 4) is 0 Å². The van der Waals surface area contributed by atoms with Crippen LogP contribution in [0.3, 0.4) is 0 Å². The van der Waals surface area contributed by atoms with Crippen molar-refractivity contribution in [3.05, 3.63) is 0 Å². The first-order valence-electron chi connectivity index (χ1n) is 9.12. The Morgan fingerprint density at radius 2 is 1.30 bits per heavy atom. The highest BCUT2D eigenvalue weighted by Gasteiger charge is 2.05. The van der Waals surface area contributed by atoms with Gasteiger partial charge in [0.15, 0.2) is 0 Å². The van der Waals surface area contributed by atoms with Crippen LogP contribution in [0.2, 0.25) is 0 Å². The van der Waals surface area contributed by atoms with Crippen LogP contribution in [-0.2, 0) is 19.1 Å². The smallest absolute Gasteiger partial charge is 0.306 e. The fourth-order valence-corrected chi connectivity index (χ4v) is 2.29. The summed E-state index contributed by atoms with van der Waals surface area (Å²) >= 11 is 0. The van der Waals surface area contributed by atoms with E-state index in [1.165, 1.54) is 57.8 Å². The van der Waals surface area contributed by atoms with Gasteiger partial charge in [0, 0.05) is 6.61 Å². The topological polar surface area (TPSA) is 72.8 Å². The molecule has 5 heteroatoms. The second-order valence-electron chi connectivity index (χ2n) is 5.91. The van der Waals surface area contributed by atoms with Crippen molar-refractivity contribution in [1.29, 1.82) is 0 Å². The molecule has 0 radical (unpaired) electrons. The minimum absolute atomic E-state index is 0.0756. The van der Waals surface area contributed by atoms with Crippen molar-refractivity contribution < 1.29 is 24.2 Å². The molecule has 0 saturated heterocycles. The van der Waals surface area contributed by atoms with Crippen LogP contribution in [0.15, 0.2) is 0 Å². The Morgan fingerprint density at radius 3 is 1.87 bits per heavy atom. The third kappa shape index (κ3) is 18.9. The zero-order valence-corrected chi connectivity index (χ0v) is 14.7. The van der Waals surface area contributed by atoms with E-state index in [2.05, 4.69) is 6.92 Å². The predicted octanol–water partition coefficient (Wildman–Crippen LogP) is 4.33. The molecule has 0 aliphatic heterocycles. The van der Waals surface area contributed by atoms with Gasteiger partial charge in [0.2, 0.25) is 0 Å². The average molecular weight is 330 g/mol. The summed E-state index contributed by atoms with van der Waals surface area (Å²) in [6, 6.07) is 0. The molecule has 5 nitrogen and oxygen atoms in total. The van der Waals surface area contributed by atoms with E-state index >= 15 is 0 Å². The highest BCUT2D eigenvalue weighted by atomic mass is 16.6. The summed E-state index contributed by atoms with van der Waals surface area (Å²) in [6.07, 6.45) is 12.7. The van der Waals surface area contributed by atoms with E-state index in [0.29, 0.717) is 13.2 Å². The second-order valence-corrected chi connectivity index (χ2v) is 5.91. The third-order valence-electron chi connectivity index (χ3n) is 3.68. The number of carboxylic acids is 1. The Bertz CT molecular complexity index is 291. The predicted molar refractivity (Wildman–Crippen MR) is 90.5 cm³/mol. The average Bonchev–Trinajstić information content (AvgIpc) is 2.53. The summed E-state index contributed by atoms with van der Waals surface area (Å²) < 4.78 is 10.3. The molecular weight excluding hydrogens is 296 g/mol. The van der Waals surface area contributed by atoms with Crippen molar-refractivity contribution in [1.82, 2.24) is 0 Å². The van der Waals surface area contributed by atoms with Gasteiger partial charge in [-0.3, -0.25) is 9.59 Å². The summed E-state index contributed by atoms with van der Waals surface area (Å²) in [5, 5.41) is 8.42. The zero-order chi connectivity index (χ0) is 17.2. The van der Waals surface area contributed by atoms with Crippen LogP contribution >= 0.6 is 0 Å². The minimum atomic E-state index is -0.987. The fourth-order valence-electron chi connectivity index (χ4n) is 2.29. The van der Waals surface area contributed by atoms with Gasteiger partial charge in [0.05, 0.1) is 19.4 Å². The Labute approximate surface area is 140 Å². The van der Waals surface area contributed by atoms with Gasteiger partial charge < -0.3 is 14.6 Å². The molecule has 0 heterocycles. The van der Waals surface area contributed by atoms with Gasteiger partial charge in [-0.1, -0.05) is 64.7 Å². The summed E-state index contributed by atoms with van der Waals surface area (Å²) in [4.78, 5) is 21.4. The number of carbonyl (C=O) groups excluding carboxylic acids is 1. The lowest BCUT2D eigenvalue weighted by Gasteiger charge is -2.06. The van der Waals surface area contributed by atoms with E-state index in [1.807, 2.05) is 0 Å². The van der Waals surface area contributed by atoms with E-state index < -0.39 is 11.9 Å². The minimum Gasteiger partial charge on any atom is -0.481 e. The van der Waals surface area contributed by atoms with Gasteiger partial charge in [-0.15, -0.1) is 0 Å². The quantitative estimate of drug-likeness (QED) is 0.317. The van der Waals surface area contributed by atoms with Crippen LogP contribution < -0.4 is 0 Å². The highest BCUT2D eigenvalue weighted by Crippen LogP contribution is 2.10. The fraction of sp³-hybridized carbons (Fsp3) is 0.889. The lowest BCUT2D eigenvalue weighted by Crippen LogP contribution is -2.12. The van der Waals surface area contributed by atoms with E-state index in [9.17, 15) is 9.59 Å². The number of aliphatic carboxylic acids is 1. The van der Waals surface area contributed by atoms with Gasteiger partial charge in [-0.2, -0.15) is 0 Å². The van der Waals surface area contributed by atoms with Crippen molar-refractivity contribution in [2.75, 3.05) is 19.8 Å². The first kappa shape index (κ1) is 21.9. The van der Waals surface area contributed by atoms with Gasteiger partial charge in [0.1, 0.15) is 6.61 Å². The second kappa shape index (κ2) is 17.3. The molecule has 0 fully saturated rings. The van der Waals surface area contributed by atoms with Crippen molar-refractivity contribution in [3.63, 3.8) is 0 Å². The Morgan fingerprint density at radius 1 is 0.739 bits per heavy atom. The first-order chi connectivity index (χ1) is 11.2. The number of ether oxygens (including phenoxy) is 2. The zero-order valence-electron chi connectivity index (χ0n) is 14.7. The molecule has 0 rings (SSSR count). The van der Waals surface area contributed by atoms with Crippen molar-refractivity contribution in [2.24, 2.45) is 0 Å². The third-order valence-corrected chi connectivity index (χ3v) is 3.68. The van der Waals surface area contributed by atoms with Crippen LogP contribution in [0.4, 0.5) is 0 Å². The van der Waals surface area contributed by atoms with E-state index in [1.54, 1.807) is 0 Å². The molecule has 0 atom stereocenters. The van der Waals surface area contributed by atoms with Gasteiger partial charge >= 0.3 is 11.9 Å². The van der Waals surface area contributed by atoms with Gasteiger partial charge in [0.25, 0.3) is 0 Å². The van der Waals surface area contributed by atoms with Crippen LogP contribution in [0.5, 0.6) is 0 Å². The normalized spacial score (nSPS) is 10.7. The molecule has 0 spiro atoms. The lowest BCUT2D eigenvalue weighted by atomic mass is 10.1. The Hall–Kier alpha value is -1.10. The highest BCUT2D eigenvalue weighted by molar-refractivity contribution is 5.76. The number of carbonyl (C=O) groups is 2. The first-order valence-corrected chi connectivity index (χ1v) is 9.12. The lowest BCUT2D eigenvalue weighted by molar-refractivity contribution is -0.148. The molecule has 0 unspecified atom stereocenters.